The van der Waals surface area contributed by atoms with Gasteiger partial charge in [0.05, 0.1) is 0 Å². The average molecular weight is 347 g/mol. The third-order valence-corrected chi connectivity index (χ3v) is 4.73. The van der Waals surface area contributed by atoms with Crippen LogP contribution in [0.3, 0.4) is 0 Å². The summed E-state index contributed by atoms with van der Waals surface area (Å²) < 4.78 is 5.37. The molecule has 0 aliphatic heterocycles. The van der Waals surface area contributed by atoms with Crippen molar-refractivity contribution < 1.29 is 9.21 Å². The predicted octanol–water partition coefficient (Wildman–Crippen LogP) is 4.66. The number of carbonyl (C=O) groups excluding carboxylic acids is 1. The van der Waals surface area contributed by atoms with E-state index in [1.165, 1.54) is 17.4 Å². The smallest absolute Gasteiger partial charge is 0.347 e. The fourth-order valence-corrected chi connectivity index (χ4v) is 3.62. The van der Waals surface area contributed by atoms with Crippen LogP contribution in [0.4, 0.5) is 5.00 Å². The van der Waals surface area contributed by atoms with E-state index in [1.807, 2.05) is 53.9 Å². The molecular formula is C20H13NO3S. The van der Waals surface area contributed by atoms with E-state index in [0.29, 0.717) is 16.0 Å². The highest BCUT2D eigenvalue weighted by Gasteiger charge is 2.14. The van der Waals surface area contributed by atoms with Crippen molar-refractivity contribution in [1.82, 2.24) is 0 Å². The minimum atomic E-state index is -0.447. The summed E-state index contributed by atoms with van der Waals surface area (Å²) in [6.07, 6.45) is 3.17. The van der Waals surface area contributed by atoms with E-state index in [-0.39, 0.29) is 5.91 Å². The first-order chi connectivity index (χ1) is 12.2. The molecule has 122 valence electrons. The second kappa shape index (κ2) is 6.37. The number of hydrogen-bond acceptors (Lipinski definition) is 4. The first kappa shape index (κ1) is 15.4. The zero-order valence-corrected chi connectivity index (χ0v) is 13.9. The molecule has 0 aliphatic carbocycles. The third-order valence-electron chi connectivity index (χ3n) is 3.84. The fourth-order valence-electron chi connectivity index (χ4n) is 2.67. The van der Waals surface area contributed by atoms with Crippen molar-refractivity contribution >= 4 is 50.1 Å². The van der Waals surface area contributed by atoms with Crippen LogP contribution in [0, 0.1) is 0 Å². The van der Waals surface area contributed by atoms with Gasteiger partial charge in [-0.2, -0.15) is 0 Å². The first-order valence-electron chi connectivity index (χ1n) is 7.69. The Morgan fingerprint density at radius 3 is 2.60 bits per heavy atom. The van der Waals surface area contributed by atoms with Gasteiger partial charge in [0.1, 0.15) is 16.0 Å². The van der Waals surface area contributed by atoms with Crippen LogP contribution in [0.1, 0.15) is 5.56 Å². The summed E-state index contributed by atoms with van der Waals surface area (Å²) in [7, 11) is 0. The Balaban J connectivity index is 1.68. The highest BCUT2D eigenvalue weighted by Crippen LogP contribution is 2.33. The Morgan fingerprint density at radius 1 is 1.00 bits per heavy atom. The zero-order valence-electron chi connectivity index (χ0n) is 13.1. The predicted molar refractivity (Wildman–Crippen MR) is 102 cm³/mol. The molecule has 4 rings (SSSR count). The molecule has 4 aromatic rings. The minimum Gasteiger partial charge on any atom is -0.422 e. The monoisotopic (exact) mass is 347 g/mol. The topological polar surface area (TPSA) is 59.3 Å². The summed E-state index contributed by atoms with van der Waals surface area (Å²) in [4.78, 5) is 24.5. The third kappa shape index (κ3) is 2.97. The molecule has 0 saturated carbocycles. The summed E-state index contributed by atoms with van der Waals surface area (Å²) in [5, 5.41) is 7.19. The summed E-state index contributed by atoms with van der Waals surface area (Å²) in [6, 6.07) is 16.9. The van der Waals surface area contributed by atoms with E-state index in [9.17, 15) is 9.59 Å². The van der Waals surface area contributed by atoms with E-state index in [1.54, 1.807) is 12.1 Å². The largest absolute Gasteiger partial charge is 0.422 e. The number of anilines is 1. The van der Waals surface area contributed by atoms with Gasteiger partial charge in [-0.1, -0.05) is 48.5 Å². The molecule has 0 saturated heterocycles. The lowest BCUT2D eigenvalue weighted by Crippen LogP contribution is -2.09. The van der Waals surface area contributed by atoms with Gasteiger partial charge in [0.2, 0.25) is 5.91 Å². The lowest BCUT2D eigenvalue weighted by molar-refractivity contribution is -0.111. The number of para-hydroxylation sites is 1. The summed E-state index contributed by atoms with van der Waals surface area (Å²) in [6.45, 7) is 0. The molecule has 1 amide bonds. The quantitative estimate of drug-likeness (QED) is 0.433. The molecule has 0 fully saturated rings. The first-order valence-corrected chi connectivity index (χ1v) is 8.57. The van der Waals surface area contributed by atoms with Crippen molar-refractivity contribution in [1.29, 1.82) is 0 Å². The van der Waals surface area contributed by atoms with Gasteiger partial charge in [0, 0.05) is 22.2 Å². The van der Waals surface area contributed by atoms with E-state index < -0.39 is 5.63 Å². The second-order valence-electron chi connectivity index (χ2n) is 5.47. The summed E-state index contributed by atoms with van der Waals surface area (Å²) in [5.41, 5.74) is 1.02. The van der Waals surface area contributed by atoms with E-state index >= 15 is 0 Å². The van der Waals surface area contributed by atoms with Crippen molar-refractivity contribution in [2.75, 3.05) is 5.32 Å². The van der Waals surface area contributed by atoms with Crippen LogP contribution >= 0.6 is 11.3 Å². The van der Waals surface area contributed by atoms with Gasteiger partial charge in [-0.3, -0.25) is 4.79 Å². The molecule has 0 spiro atoms. The molecule has 0 radical (unpaired) electrons. The van der Waals surface area contributed by atoms with Crippen LogP contribution < -0.4 is 10.9 Å². The molecule has 0 unspecified atom stereocenters. The van der Waals surface area contributed by atoms with Gasteiger partial charge < -0.3 is 9.73 Å². The molecule has 25 heavy (non-hydrogen) atoms. The molecule has 2 heterocycles. The number of thiophene rings is 1. The van der Waals surface area contributed by atoms with Crippen LogP contribution in [-0.4, -0.2) is 5.91 Å². The van der Waals surface area contributed by atoms with Crippen LogP contribution in [0.15, 0.2) is 75.3 Å². The summed E-state index contributed by atoms with van der Waals surface area (Å²) in [5.74, 6) is -0.292. The summed E-state index contributed by atoms with van der Waals surface area (Å²) >= 11 is 1.32. The normalized spacial score (nSPS) is 11.4. The number of carbonyl (C=O) groups is 1. The number of hydrogen-bond donors (Lipinski definition) is 1. The maximum Gasteiger partial charge on any atom is 0.347 e. The Bertz CT molecular complexity index is 1160. The molecule has 5 heteroatoms. The fraction of sp³-hybridized carbons (Fsp3) is 0. The highest BCUT2D eigenvalue weighted by molar-refractivity contribution is 7.16. The van der Waals surface area contributed by atoms with E-state index in [2.05, 4.69) is 5.32 Å². The van der Waals surface area contributed by atoms with Crippen molar-refractivity contribution in [3.63, 3.8) is 0 Å². The molecule has 0 bridgehead atoms. The molecule has 0 atom stereocenters. The van der Waals surface area contributed by atoms with Gasteiger partial charge in [-0.15, -0.1) is 11.3 Å². The zero-order chi connectivity index (χ0) is 17.2. The van der Waals surface area contributed by atoms with Gasteiger partial charge >= 0.3 is 5.63 Å². The molecule has 2 aromatic heterocycles. The van der Waals surface area contributed by atoms with Crippen molar-refractivity contribution in [2.24, 2.45) is 0 Å². The van der Waals surface area contributed by atoms with Crippen molar-refractivity contribution in [2.45, 2.75) is 0 Å². The number of fused-ring (bicyclic) bond motifs is 3. The van der Waals surface area contributed by atoms with Crippen LogP contribution in [0.25, 0.3) is 27.8 Å². The lowest BCUT2D eigenvalue weighted by Gasteiger charge is -2.01. The standard InChI is InChI=1S/C20H13NO3S/c22-17(11-10-13-6-2-1-3-7-13)21-19-18-15(12-25-19)14-8-4-5-9-16(14)24-20(18)23/h1-12H,(H,21,22)/b11-10+. The van der Waals surface area contributed by atoms with Crippen molar-refractivity contribution in [3.05, 3.63) is 82.0 Å². The molecule has 4 nitrogen and oxygen atoms in total. The van der Waals surface area contributed by atoms with Crippen LogP contribution in [0.2, 0.25) is 0 Å². The average Bonchev–Trinajstić information content (AvgIpc) is 3.05. The molecule has 0 aliphatic rings. The molecule has 1 N–H and O–H groups in total. The Labute approximate surface area is 147 Å². The number of nitrogens with one attached hydrogen (secondary N) is 1. The van der Waals surface area contributed by atoms with Gasteiger partial charge in [0.15, 0.2) is 0 Å². The number of rotatable bonds is 3. The Hall–Kier alpha value is -3.18. The lowest BCUT2D eigenvalue weighted by atomic mass is 10.1. The second-order valence-corrected chi connectivity index (χ2v) is 6.35. The highest BCUT2D eigenvalue weighted by atomic mass is 32.1. The van der Waals surface area contributed by atoms with E-state index in [0.717, 1.165) is 16.3 Å². The van der Waals surface area contributed by atoms with Crippen molar-refractivity contribution in [3.8, 4) is 0 Å². The van der Waals surface area contributed by atoms with Gasteiger partial charge in [-0.25, -0.2) is 4.79 Å². The van der Waals surface area contributed by atoms with Crippen LogP contribution in [-0.2, 0) is 4.79 Å². The SMILES string of the molecule is O=C(/C=C/c1ccccc1)Nc1scc2c1c(=O)oc1ccccc12. The number of amides is 1. The minimum absolute atomic E-state index is 0.292. The molecular weight excluding hydrogens is 334 g/mol. The Kier molecular flexibility index (Phi) is 3.91. The van der Waals surface area contributed by atoms with Crippen LogP contribution in [0.5, 0.6) is 0 Å². The number of benzene rings is 2. The van der Waals surface area contributed by atoms with Gasteiger partial charge in [-0.05, 0) is 17.7 Å². The Morgan fingerprint density at radius 2 is 1.76 bits per heavy atom. The maximum atomic E-state index is 12.3. The van der Waals surface area contributed by atoms with E-state index in [4.69, 9.17) is 4.42 Å². The molecule has 2 aromatic carbocycles. The van der Waals surface area contributed by atoms with Gasteiger partial charge in [0.25, 0.3) is 0 Å². The maximum absolute atomic E-state index is 12.3.